The van der Waals surface area contributed by atoms with E-state index in [4.69, 9.17) is 28.4 Å². The first kappa shape index (κ1) is 17.6. The van der Waals surface area contributed by atoms with Gasteiger partial charge in [-0.2, -0.15) is 0 Å². The van der Waals surface area contributed by atoms with Crippen LogP contribution in [0, 0.1) is 0 Å². The lowest BCUT2D eigenvalue weighted by molar-refractivity contribution is 0.347. The van der Waals surface area contributed by atoms with Gasteiger partial charge in [-0.15, -0.1) is 0 Å². The van der Waals surface area contributed by atoms with Crippen LogP contribution in [0.1, 0.15) is 0 Å². The maximum atomic E-state index is 5.51. The van der Waals surface area contributed by atoms with Gasteiger partial charge in [-0.25, -0.2) is 0 Å². The summed E-state index contributed by atoms with van der Waals surface area (Å²) < 4.78 is 32.5. The molecular formula is C18H22O6. The number of rotatable bonds is 7. The molecule has 130 valence electrons. The number of hydrogen-bond acceptors (Lipinski definition) is 6. The van der Waals surface area contributed by atoms with Crippen molar-refractivity contribution in [3.63, 3.8) is 0 Å². The molecule has 6 heteroatoms. The van der Waals surface area contributed by atoms with Gasteiger partial charge >= 0.3 is 0 Å². The first-order valence-corrected chi connectivity index (χ1v) is 7.23. The average Bonchev–Trinajstić information content (AvgIpc) is 2.65. The van der Waals surface area contributed by atoms with Crippen molar-refractivity contribution in [3.05, 3.63) is 24.3 Å². The number of ether oxygens (including phenoxy) is 6. The van der Waals surface area contributed by atoms with Gasteiger partial charge in [0.25, 0.3) is 0 Å². The van der Waals surface area contributed by atoms with E-state index < -0.39 is 0 Å². The molecule has 0 saturated carbocycles. The summed E-state index contributed by atoms with van der Waals surface area (Å²) >= 11 is 0. The Morgan fingerprint density at radius 2 is 0.625 bits per heavy atom. The number of methoxy groups -OCH3 is 6. The Morgan fingerprint density at radius 1 is 0.375 bits per heavy atom. The highest BCUT2D eigenvalue weighted by Gasteiger charge is 2.19. The summed E-state index contributed by atoms with van der Waals surface area (Å²) in [4.78, 5) is 0. The highest BCUT2D eigenvalue weighted by atomic mass is 16.5. The fourth-order valence-electron chi connectivity index (χ4n) is 2.48. The Morgan fingerprint density at radius 3 is 0.875 bits per heavy atom. The molecule has 2 aromatic carbocycles. The van der Waals surface area contributed by atoms with Gasteiger partial charge in [0, 0.05) is 23.3 Å². The highest BCUT2D eigenvalue weighted by molar-refractivity contribution is 5.81. The SMILES string of the molecule is COc1cc(OC)c(-c2cc(OC)c(OC)cc2OC)cc1OC. The number of hydrogen-bond donors (Lipinski definition) is 0. The van der Waals surface area contributed by atoms with E-state index in [1.54, 1.807) is 54.8 Å². The van der Waals surface area contributed by atoms with E-state index in [2.05, 4.69) is 0 Å². The van der Waals surface area contributed by atoms with Gasteiger partial charge in [0.05, 0.1) is 42.7 Å². The molecule has 0 aromatic heterocycles. The molecule has 0 spiro atoms. The molecule has 0 radical (unpaired) electrons. The summed E-state index contributed by atoms with van der Waals surface area (Å²) in [6.07, 6.45) is 0. The van der Waals surface area contributed by atoms with E-state index in [1.165, 1.54) is 0 Å². The first-order chi connectivity index (χ1) is 11.6. The van der Waals surface area contributed by atoms with Crippen molar-refractivity contribution in [1.29, 1.82) is 0 Å². The van der Waals surface area contributed by atoms with E-state index >= 15 is 0 Å². The molecule has 0 fully saturated rings. The van der Waals surface area contributed by atoms with E-state index in [0.29, 0.717) is 34.5 Å². The second-order valence-electron chi connectivity index (χ2n) is 4.81. The van der Waals surface area contributed by atoms with Crippen molar-refractivity contribution in [3.8, 4) is 45.6 Å². The van der Waals surface area contributed by atoms with Crippen LogP contribution >= 0.6 is 0 Å². The van der Waals surface area contributed by atoms with Gasteiger partial charge in [-0.1, -0.05) is 0 Å². The second-order valence-corrected chi connectivity index (χ2v) is 4.81. The van der Waals surface area contributed by atoms with Crippen LogP contribution in [0.2, 0.25) is 0 Å². The Bertz CT molecular complexity index is 650. The topological polar surface area (TPSA) is 55.4 Å². The summed E-state index contributed by atoms with van der Waals surface area (Å²) in [5.41, 5.74) is 1.57. The molecular weight excluding hydrogens is 312 g/mol. The van der Waals surface area contributed by atoms with Gasteiger partial charge < -0.3 is 28.4 Å². The van der Waals surface area contributed by atoms with Crippen LogP contribution in [0.5, 0.6) is 34.5 Å². The van der Waals surface area contributed by atoms with Crippen molar-refractivity contribution in [2.24, 2.45) is 0 Å². The van der Waals surface area contributed by atoms with Gasteiger partial charge in [-0.3, -0.25) is 0 Å². The molecule has 0 aliphatic carbocycles. The minimum Gasteiger partial charge on any atom is -0.496 e. The van der Waals surface area contributed by atoms with E-state index in [1.807, 2.05) is 12.1 Å². The third kappa shape index (κ3) is 3.13. The average molecular weight is 334 g/mol. The number of benzene rings is 2. The largest absolute Gasteiger partial charge is 0.496 e. The van der Waals surface area contributed by atoms with Crippen molar-refractivity contribution >= 4 is 0 Å². The Labute approximate surface area is 141 Å². The van der Waals surface area contributed by atoms with E-state index in [-0.39, 0.29) is 0 Å². The van der Waals surface area contributed by atoms with E-state index in [9.17, 15) is 0 Å². The van der Waals surface area contributed by atoms with Crippen LogP contribution in [0.15, 0.2) is 24.3 Å². The molecule has 0 aliphatic heterocycles. The van der Waals surface area contributed by atoms with Crippen LogP contribution < -0.4 is 28.4 Å². The molecule has 0 N–H and O–H groups in total. The molecule has 2 rings (SSSR count). The minimum atomic E-state index is 0.581. The van der Waals surface area contributed by atoms with Crippen LogP contribution in [-0.2, 0) is 0 Å². The first-order valence-electron chi connectivity index (χ1n) is 7.23. The van der Waals surface area contributed by atoms with Crippen LogP contribution in [-0.4, -0.2) is 42.7 Å². The quantitative estimate of drug-likeness (QED) is 0.773. The summed E-state index contributed by atoms with van der Waals surface area (Å²) in [7, 11) is 9.51. The third-order valence-corrected chi connectivity index (χ3v) is 3.70. The van der Waals surface area contributed by atoms with Crippen LogP contribution in [0.4, 0.5) is 0 Å². The zero-order valence-corrected chi connectivity index (χ0v) is 14.8. The maximum absolute atomic E-state index is 5.51. The molecule has 24 heavy (non-hydrogen) atoms. The minimum absolute atomic E-state index is 0.581. The molecule has 0 amide bonds. The van der Waals surface area contributed by atoms with Gasteiger partial charge in [0.2, 0.25) is 0 Å². The van der Waals surface area contributed by atoms with E-state index in [0.717, 1.165) is 11.1 Å². The third-order valence-electron chi connectivity index (χ3n) is 3.70. The monoisotopic (exact) mass is 334 g/mol. The fourth-order valence-corrected chi connectivity index (χ4v) is 2.48. The lowest BCUT2D eigenvalue weighted by Crippen LogP contribution is -1.98. The van der Waals surface area contributed by atoms with Gasteiger partial charge in [0.15, 0.2) is 23.0 Å². The zero-order chi connectivity index (χ0) is 17.7. The smallest absolute Gasteiger partial charge is 0.164 e. The molecule has 0 atom stereocenters. The molecule has 6 nitrogen and oxygen atoms in total. The standard InChI is InChI=1S/C18H22O6/c1-19-13-9-17(23-5)15(21-3)7-11(13)12-8-16(22-4)18(24-6)10-14(12)20-2/h7-10H,1-6H3. The Kier molecular flexibility index (Phi) is 5.63. The Balaban J connectivity index is 2.74. The van der Waals surface area contributed by atoms with Gasteiger partial charge in [0.1, 0.15) is 11.5 Å². The Hall–Kier alpha value is -2.76. The molecule has 0 bridgehead atoms. The van der Waals surface area contributed by atoms with Crippen molar-refractivity contribution in [2.45, 2.75) is 0 Å². The van der Waals surface area contributed by atoms with Crippen molar-refractivity contribution in [1.82, 2.24) is 0 Å². The lowest BCUT2D eigenvalue weighted by atomic mass is 10.0. The molecule has 0 saturated heterocycles. The molecule has 0 heterocycles. The summed E-state index contributed by atoms with van der Waals surface area (Å²) in [6, 6.07) is 7.21. The fraction of sp³-hybridized carbons (Fsp3) is 0.333. The van der Waals surface area contributed by atoms with Gasteiger partial charge in [-0.05, 0) is 12.1 Å². The second kappa shape index (κ2) is 7.68. The molecule has 0 aliphatic rings. The van der Waals surface area contributed by atoms with Crippen LogP contribution in [0.3, 0.4) is 0 Å². The van der Waals surface area contributed by atoms with Crippen LogP contribution in [0.25, 0.3) is 11.1 Å². The predicted octanol–water partition coefficient (Wildman–Crippen LogP) is 3.41. The summed E-state index contributed by atoms with van der Waals surface area (Å²) in [6.45, 7) is 0. The molecule has 2 aromatic rings. The maximum Gasteiger partial charge on any atom is 0.164 e. The highest BCUT2D eigenvalue weighted by Crippen LogP contribution is 2.46. The zero-order valence-electron chi connectivity index (χ0n) is 14.8. The lowest BCUT2D eigenvalue weighted by Gasteiger charge is -2.18. The summed E-state index contributed by atoms with van der Waals surface area (Å²) in [5, 5.41) is 0. The van der Waals surface area contributed by atoms with Crippen molar-refractivity contribution in [2.75, 3.05) is 42.7 Å². The van der Waals surface area contributed by atoms with Crippen molar-refractivity contribution < 1.29 is 28.4 Å². The predicted molar refractivity (Wildman–Crippen MR) is 91.2 cm³/mol. The molecule has 0 unspecified atom stereocenters. The normalized spacial score (nSPS) is 10.1. The summed E-state index contributed by atoms with van der Waals surface area (Å²) in [5.74, 6) is 3.58.